The summed E-state index contributed by atoms with van der Waals surface area (Å²) in [5.41, 5.74) is 2.53. The molecule has 152 valence electrons. The molecular formula is C21H14FN7OS. The highest BCUT2D eigenvalue weighted by Crippen LogP contribution is 2.25. The van der Waals surface area contributed by atoms with Crippen LogP contribution in [0.5, 0.6) is 0 Å². The molecule has 0 atom stereocenters. The summed E-state index contributed by atoms with van der Waals surface area (Å²) < 4.78 is 17.4. The molecule has 0 unspecified atom stereocenters. The predicted molar refractivity (Wildman–Crippen MR) is 114 cm³/mol. The zero-order chi connectivity index (χ0) is 21.2. The van der Waals surface area contributed by atoms with Gasteiger partial charge in [-0.05, 0) is 30.3 Å². The van der Waals surface area contributed by atoms with Crippen LogP contribution in [0.15, 0.2) is 79.0 Å². The van der Waals surface area contributed by atoms with Gasteiger partial charge in [0.1, 0.15) is 29.0 Å². The molecule has 10 heteroatoms. The van der Waals surface area contributed by atoms with Crippen molar-refractivity contribution in [1.29, 1.82) is 0 Å². The van der Waals surface area contributed by atoms with Gasteiger partial charge in [0.05, 0.1) is 11.9 Å². The number of anilines is 1. The van der Waals surface area contributed by atoms with Crippen molar-refractivity contribution in [3.05, 3.63) is 90.5 Å². The number of halogens is 1. The van der Waals surface area contributed by atoms with Gasteiger partial charge in [0, 0.05) is 22.8 Å². The van der Waals surface area contributed by atoms with E-state index in [0.29, 0.717) is 10.7 Å². The third-order valence-corrected chi connectivity index (χ3v) is 5.35. The van der Waals surface area contributed by atoms with Gasteiger partial charge < -0.3 is 5.32 Å². The van der Waals surface area contributed by atoms with E-state index in [2.05, 4.69) is 25.5 Å². The van der Waals surface area contributed by atoms with Crippen LogP contribution in [0.3, 0.4) is 0 Å². The van der Waals surface area contributed by atoms with E-state index in [-0.39, 0.29) is 11.4 Å². The molecule has 0 aliphatic carbocycles. The van der Waals surface area contributed by atoms with Gasteiger partial charge in [-0.2, -0.15) is 10.2 Å². The number of benzene rings is 2. The lowest BCUT2D eigenvalue weighted by atomic mass is 10.2. The van der Waals surface area contributed by atoms with Gasteiger partial charge >= 0.3 is 0 Å². The summed E-state index contributed by atoms with van der Waals surface area (Å²) in [6.07, 6.45) is 6.27. The lowest BCUT2D eigenvalue weighted by molar-refractivity contribution is 0.102. The average molecular weight is 431 g/mol. The molecule has 0 aliphatic heterocycles. The van der Waals surface area contributed by atoms with Crippen LogP contribution in [0, 0.1) is 5.82 Å². The summed E-state index contributed by atoms with van der Waals surface area (Å²) >= 11 is 1.34. The molecule has 0 saturated carbocycles. The number of aromatic nitrogens is 6. The summed E-state index contributed by atoms with van der Waals surface area (Å²) in [5, 5.41) is 13.2. The second kappa shape index (κ2) is 7.92. The first-order valence-electron chi connectivity index (χ1n) is 9.19. The third-order valence-electron chi connectivity index (χ3n) is 4.46. The van der Waals surface area contributed by atoms with Gasteiger partial charge in [0.2, 0.25) is 0 Å². The average Bonchev–Trinajstić information content (AvgIpc) is 3.55. The molecule has 0 bridgehead atoms. The largest absolute Gasteiger partial charge is 0.321 e. The zero-order valence-corrected chi connectivity index (χ0v) is 16.7. The molecule has 0 aliphatic rings. The van der Waals surface area contributed by atoms with Crippen LogP contribution in [0.2, 0.25) is 0 Å². The first kappa shape index (κ1) is 18.8. The SMILES string of the molecule is O=C(Nc1ccc(-n2cncn2)c(F)c1)c1csc(-c2cnn(-c3ccccc3)c2)n1. The number of thiazole rings is 1. The van der Waals surface area contributed by atoms with Crippen LogP contribution in [-0.2, 0) is 0 Å². The van der Waals surface area contributed by atoms with E-state index in [4.69, 9.17) is 0 Å². The molecule has 0 radical (unpaired) electrons. The molecule has 2 aromatic carbocycles. The number of nitrogens with one attached hydrogen (secondary N) is 1. The van der Waals surface area contributed by atoms with E-state index in [9.17, 15) is 9.18 Å². The molecule has 5 aromatic rings. The van der Waals surface area contributed by atoms with Crippen LogP contribution in [-0.4, -0.2) is 35.4 Å². The second-order valence-corrected chi connectivity index (χ2v) is 7.37. The fourth-order valence-corrected chi connectivity index (χ4v) is 3.74. The van der Waals surface area contributed by atoms with Crippen LogP contribution in [0.4, 0.5) is 10.1 Å². The highest BCUT2D eigenvalue weighted by molar-refractivity contribution is 7.13. The maximum atomic E-state index is 14.4. The van der Waals surface area contributed by atoms with E-state index < -0.39 is 11.7 Å². The number of rotatable bonds is 5. The van der Waals surface area contributed by atoms with Crippen molar-refractivity contribution in [1.82, 2.24) is 29.5 Å². The van der Waals surface area contributed by atoms with E-state index in [1.54, 1.807) is 22.3 Å². The van der Waals surface area contributed by atoms with Crippen LogP contribution < -0.4 is 5.32 Å². The minimum atomic E-state index is -0.532. The van der Waals surface area contributed by atoms with Gasteiger partial charge in [0.25, 0.3) is 5.91 Å². The Labute approximate surface area is 179 Å². The van der Waals surface area contributed by atoms with Crippen LogP contribution in [0.1, 0.15) is 10.5 Å². The van der Waals surface area contributed by atoms with Crippen molar-refractivity contribution in [2.24, 2.45) is 0 Å². The molecule has 0 fully saturated rings. The number of amides is 1. The second-order valence-electron chi connectivity index (χ2n) is 6.51. The summed E-state index contributed by atoms with van der Waals surface area (Å²) in [7, 11) is 0. The normalized spacial score (nSPS) is 10.9. The fraction of sp³-hybridized carbons (Fsp3) is 0. The Hall–Kier alpha value is -4.18. The first-order chi connectivity index (χ1) is 15.2. The Balaban J connectivity index is 1.32. The zero-order valence-electron chi connectivity index (χ0n) is 15.9. The summed E-state index contributed by atoms with van der Waals surface area (Å²) in [4.78, 5) is 20.8. The molecule has 1 N–H and O–H groups in total. The van der Waals surface area contributed by atoms with Crippen LogP contribution >= 0.6 is 11.3 Å². The van der Waals surface area contributed by atoms with Crippen molar-refractivity contribution in [2.75, 3.05) is 5.32 Å². The number of hydrogen-bond donors (Lipinski definition) is 1. The number of para-hydroxylation sites is 1. The van der Waals surface area contributed by atoms with E-state index >= 15 is 0 Å². The van der Waals surface area contributed by atoms with Gasteiger partial charge in [-0.1, -0.05) is 18.2 Å². The Morgan fingerprint density at radius 1 is 1.06 bits per heavy atom. The van der Waals surface area contributed by atoms with Gasteiger partial charge in [0.15, 0.2) is 5.82 Å². The standard InChI is InChI=1S/C21H14FN7OS/c22-17-8-15(6-7-19(17)29-13-23-12-25-29)26-20(30)18-11-31-21(27-18)14-9-24-28(10-14)16-4-2-1-3-5-16/h1-13H,(H,26,30). The Morgan fingerprint density at radius 3 is 2.71 bits per heavy atom. The van der Waals surface area contributed by atoms with Crippen molar-refractivity contribution in [2.45, 2.75) is 0 Å². The quantitative estimate of drug-likeness (QED) is 0.455. The molecule has 0 spiro atoms. The number of nitrogens with zero attached hydrogens (tertiary/aromatic N) is 6. The molecule has 5 rings (SSSR count). The lowest BCUT2D eigenvalue weighted by Gasteiger charge is -2.06. The molecular weight excluding hydrogens is 417 g/mol. The number of carbonyl (C=O) groups is 1. The Morgan fingerprint density at radius 2 is 1.94 bits per heavy atom. The Kier molecular flexibility index (Phi) is 4.81. The number of hydrogen-bond acceptors (Lipinski definition) is 6. The topological polar surface area (TPSA) is 90.5 Å². The van der Waals surface area contributed by atoms with Gasteiger partial charge in [-0.25, -0.2) is 23.7 Å². The molecule has 3 aromatic heterocycles. The molecule has 1 amide bonds. The summed E-state index contributed by atoms with van der Waals surface area (Å²) in [6, 6.07) is 14.0. The summed E-state index contributed by atoms with van der Waals surface area (Å²) in [6.45, 7) is 0. The Bertz CT molecular complexity index is 1350. The van der Waals surface area contributed by atoms with E-state index in [1.165, 1.54) is 40.8 Å². The molecule has 3 heterocycles. The fourth-order valence-electron chi connectivity index (χ4n) is 2.96. The highest BCUT2D eigenvalue weighted by atomic mass is 32.1. The van der Waals surface area contributed by atoms with Crippen molar-refractivity contribution >= 4 is 22.9 Å². The predicted octanol–water partition coefficient (Wildman–Crippen LogP) is 3.97. The third kappa shape index (κ3) is 3.83. The van der Waals surface area contributed by atoms with Crippen molar-refractivity contribution in [3.63, 3.8) is 0 Å². The highest BCUT2D eigenvalue weighted by Gasteiger charge is 2.15. The maximum Gasteiger partial charge on any atom is 0.275 e. The summed E-state index contributed by atoms with van der Waals surface area (Å²) in [5.74, 6) is -0.957. The number of carbonyl (C=O) groups excluding carboxylic acids is 1. The van der Waals surface area contributed by atoms with Crippen molar-refractivity contribution in [3.8, 4) is 21.9 Å². The smallest absolute Gasteiger partial charge is 0.275 e. The minimum Gasteiger partial charge on any atom is -0.321 e. The monoisotopic (exact) mass is 431 g/mol. The molecule has 0 saturated heterocycles. The van der Waals surface area contributed by atoms with E-state index in [1.807, 2.05) is 36.5 Å². The molecule has 8 nitrogen and oxygen atoms in total. The first-order valence-corrected chi connectivity index (χ1v) is 10.1. The van der Waals surface area contributed by atoms with Gasteiger partial charge in [-0.3, -0.25) is 4.79 Å². The molecule has 31 heavy (non-hydrogen) atoms. The minimum absolute atomic E-state index is 0.238. The lowest BCUT2D eigenvalue weighted by Crippen LogP contribution is -2.12. The van der Waals surface area contributed by atoms with E-state index in [0.717, 1.165) is 11.3 Å². The maximum absolute atomic E-state index is 14.4. The van der Waals surface area contributed by atoms with Gasteiger partial charge in [-0.15, -0.1) is 11.3 Å². The van der Waals surface area contributed by atoms with Crippen LogP contribution in [0.25, 0.3) is 21.9 Å². The van der Waals surface area contributed by atoms with Crippen molar-refractivity contribution < 1.29 is 9.18 Å².